The summed E-state index contributed by atoms with van der Waals surface area (Å²) in [5, 5.41) is 0. The molecule has 0 aromatic carbocycles. The lowest BCUT2D eigenvalue weighted by molar-refractivity contribution is 0.0517. The third-order valence-electron chi connectivity index (χ3n) is 1.99. The van der Waals surface area contributed by atoms with Crippen LogP contribution in [0.3, 0.4) is 0 Å². The van der Waals surface area contributed by atoms with Crippen molar-refractivity contribution < 1.29 is 18.3 Å². The molecule has 0 amide bonds. The van der Waals surface area contributed by atoms with E-state index in [9.17, 15) is 13.6 Å². The standard InChI is InChI=1S/C10H11BrF2N2O2/c1-2-17-10(16)8-6(11)3-5(9(12)13)7(4-14)15-8/h3,9H,2,4,14H2,1H3. The van der Waals surface area contributed by atoms with Crippen LogP contribution in [0.1, 0.15) is 35.1 Å². The zero-order valence-corrected chi connectivity index (χ0v) is 10.6. The lowest BCUT2D eigenvalue weighted by Crippen LogP contribution is -2.13. The summed E-state index contributed by atoms with van der Waals surface area (Å²) < 4.78 is 30.2. The zero-order valence-electron chi connectivity index (χ0n) is 9.04. The van der Waals surface area contributed by atoms with E-state index in [1.165, 1.54) is 0 Å². The fraction of sp³-hybridized carbons (Fsp3) is 0.400. The van der Waals surface area contributed by atoms with Crippen molar-refractivity contribution in [2.75, 3.05) is 6.61 Å². The topological polar surface area (TPSA) is 65.2 Å². The van der Waals surface area contributed by atoms with Crippen LogP contribution < -0.4 is 5.73 Å². The van der Waals surface area contributed by atoms with Crippen LogP contribution in [0.2, 0.25) is 0 Å². The Hall–Kier alpha value is -1.08. The summed E-state index contributed by atoms with van der Waals surface area (Å²) in [4.78, 5) is 15.3. The zero-order chi connectivity index (χ0) is 13.0. The maximum Gasteiger partial charge on any atom is 0.358 e. The number of carbonyl (C=O) groups excluding carboxylic acids is 1. The molecule has 0 radical (unpaired) electrons. The van der Waals surface area contributed by atoms with E-state index in [2.05, 4.69) is 20.9 Å². The number of carbonyl (C=O) groups is 1. The minimum Gasteiger partial charge on any atom is -0.461 e. The van der Waals surface area contributed by atoms with Crippen molar-refractivity contribution in [2.45, 2.75) is 19.9 Å². The summed E-state index contributed by atoms with van der Waals surface area (Å²) in [5.41, 5.74) is 4.98. The second-order valence-electron chi connectivity index (χ2n) is 3.08. The van der Waals surface area contributed by atoms with Crippen molar-refractivity contribution >= 4 is 21.9 Å². The van der Waals surface area contributed by atoms with Gasteiger partial charge in [-0.1, -0.05) is 0 Å². The van der Waals surface area contributed by atoms with Gasteiger partial charge in [0.25, 0.3) is 6.43 Å². The molecule has 0 aliphatic carbocycles. The van der Waals surface area contributed by atoms with Gasteiger partial charge in [0, 0.05) is 12.1 Å². The molecule has 17 heavy (non-hydrogen) atoms. The Kier molecular flexibility index (Phi) is 4.95. The van der Waals surface area contributed by atoms with Gasteiger partial charge in [-0.15, -0.1) is 0 Å². The molecule has 0 bridgehead atoms. The third-order valence-corrected chi connectivity index (χ3v) is 2.59. The first-order valence-electron chi connectivity index (χ1n) is 4.85. The summed E-state index contributed by atoms with van der Waals surface area (Å²) in [6.45, 7) is 1.66. The van der Waals surface area contributed by atoms with Crippen LogP contribution in [0.15, 0.2) is 10.5 Å². The lowest BCUT2D eigenvalue weighted by atomic mass is 10.1. The van der Waals surface area contributed by atoms with Crippen molar-refractivity contribution in [3.63, 3.8) is 0 Å². The number of halogens is 3. The third kappa shape index (κ3) is 3.19. The first-order chi connectivity index (χ1) is 8.01. The highest BCUT2D eigenvalue weighted by molar-refractivity contribution is 9.10. The molecule has 0 aliphatic rings. The second-order valence-corrected chi connectivity index (χ2v) is 3.93. The van der Waals surface area contributed by atoms with Gasteiger partial charge in [-0.25, -0.2) is 18.6 Å². The van der Waals surface area contributed by atoms with Crippen LogP contribution in [-0.2, 0) is 11.3 Å². The summed E-state index contributed by atoms with van der Waals surface area (Å²) in [6, 6.07) is 1.14. The molecular formula is C10H11BrF2N2O2. The second kappa shape index (κ2) is 6.02. The lowest BCUT2D eigenvalue weighted by Gasteiger charge is -2.10. The van der Waals surface area contributed by atoms with E-state index >= 15 is 0 Å². The molecule has 94 valence electrons. The number of rotatable bonds is 4. The van der Waals surface area contributed by atoms with E-state index < -0.39 is 12.4 Å². The number of hydrogen-bond donors (Lipinski definition) is 1. The first-order valence-corrected chi connectivity index (χ1v) is 5.65. The minimum absolute atomic E-state index is 0.00810. The number of alkyl halides is 2. The fourth-order valence-corrected chi connectivity index (χ4v) is 1.73. The van der Waals surface area contributed by atoms with Crippen molar-refractivity contribution in [3.05, 3.63) is 27.5 Å². The van der Waals surface area contributed by atoms with Gasteiger partial charge in [0.15, 0.2) is 5.69 Å². The Morgan fingerprint density at radius 1 is 1.65 bits per heavy atom. The molecule has 1 rings (SSSR count). The van der Waals surface area contributed by atoms with Gasteiger partial charge in [0.05, 0.1) is 16.8 Å². The predicted octanol–water partition coefficient (Wildman–Crippen LogP) is 2.42. The van der Waals surface area contributed by atoms with E-state index in [-0.39, 0.29) is 34.6 Å². The number of aromatic nitrogens is 1. The Morgan fingerprint density at radius 3 is 2.76 bits per heavy atom. The summed E-state index contributed by atoms with van der Waals surface area (Å²) in [5.74, 6) is -0.671. The maximum atomic E-state index is 12.6. The van der Waals surface area contributed by atoms with Gasteiger partial charge in [-0.2, -0.15) is 0 Å². The summed E-state index contributed by atoms with van der Waals surface area (Å²) in [7, 11) is 0. The van der Waals surface area contributed by atoms with Crippen LogP contribution in [0, 0.1) is 0 Å². The Morgan fingerprint density at radius 2 is 2.29 bits per heavy atom. The Bertz CT molecular complexity index is 427. The number of nitrogens with zero attached hydrogens (tertiary/aromatic N) is 1. The molecule has 0 atom stereocenters. The number of esters is 1. The normalized spacial score (nSPS) is 10.7. The molecule has 1 aromatic heterocycles. The van der Waals surface area contributed by atoms with Crippen LogP contribution in [-0.4, -0.2) is 17.6 Å². The highest BCUT2D eigenvalue weighted by Gasteiger charge is 2.20. The van der Waals surface area contributed by atoms with Crippen molar-refractivity contribution in [3.8, 4) is 0 Å². The first kappa shape index (κ1) is 14.0. The van der Waals surface area contributed by atoms with Gasteiger partial charge in [-0.3, -0.25) is 0 Å². The quantitative estimate of drug-likeness (QED) is 0.868. The van der Waals surface area contributed by atoms with Gasteiger partial charge in [0.2, 0.25) is 0 Å². The summed E-state index contributed by atoms with van der Waals surface area (Å²) in [6.07, 6.45) is -2.69. The van der Waals surface area contributed by atoms with E-state index in [1.807, 2.05) is 0 Å². The number of ether oxygens (including phenoxy) is 1. The molecule has 1 heterocycles. The Labute approximate surface area is 105 Å². The van der Waals surface area contributed by atoms with E-state index in [0.29, 0.717) is 0 Å². The van der Waals surface area contributed by atoms with Crippen LogP contribution in [0.4, 0.5) is 8.78 Å². The van der Waals surface area contributed by atoms with Crippen molar-refractivity contribution in [1.82, 2.24) is 4.98 Å². The largest absolute Gasteiger partial charge is 0.461 e. The average Bonchev–Trinajstić information content (AvgIpc) is 2.28. The fourth-order valence-electron chi connectivity index (χ4n) is 1.24. The molecule has 0 spiro atoms. The van der Waals surface area contributed by atoms with Gasteiger partial charge in [0.1, 0.15) is 0 Å². The highest BCUT2D eigenvalue weighted by atomic mass is 79.9. The van der Waals surface area contributed by atoms with E-state index in [4.69, 9.17) is 10.5 Å². The van der Waals surface area contributed by atoms with E-state index in [0.717, 1.165) is 6.07 Å². The molecule has 4 nitrogen and oxygen atoms in total. The monoisotopic (exact) mass is 308 g/mol. The minimum atomic E-state index is -2.69. The number of nitrogens with two attached hydrogens (primary N) is 1. The molecule has 0 aliphatic heterocycles. The molecule has 1 aromatic rings. The average molecular weight is 309 g/mol. The molecule has 0 unspecified atom stereocenters. The SMILES string of the molecule is CCOC(=O)c1nc(CN)c(C(F)F)cc1Br. The van der Waals surface area contributed by atoms with Crippen LogP contribution in [0.5, 0.6) is 0 Å². The van der Waals surface area contributed by atoms with Crippen LogP contribution in [0.25, 0.3) is 0 Å². The van der Waals surface area contributed by atoms with E-state index in [1.54, 1.807) is 6.92 Å². The van der Waals surface area contributed by atoms with Crippen LogP contribution >= 0.6 is 15.9 Å². The molecule has 0 fully saturated rings. The van der Waals surface area contributed by atoms with Gasteiger partial charge >= 0.3 is 5.97 Å². The number of hydrogen-bond acceptors (Lipinski definition) is 4. The maximum absolute atomic E-state index is 12.6. The van der Waals surface area contributed by atoms with Crippen molar-refractivity contribution in [2.24, 2.45) is 5.73 Å². The molecule has 2 N–H and O–H groups in total. The molecule has 0 saturated carbocycles. The highest BCUT2D eigenvalue weighted by Crippen LogP contribution is 2.27. The van der Waals surface area contributed by atoms with Gasteiger partial charge < -0.3 is 10.5 Å². The predicted molar refractivity (Wildman–Crippen MR) is 60.7 cm³/mol. The van der Waals surface area contributed by atoms with Gasteiger partial charge in [-0.05, 0) is 28.9 Å². The molecule has 0 saturated heterocycles. The summed E-state index contributed by atoms with van der Waals surface area (Å²) >= 11 is 3.01. The molecular weight excluding hydrogens is 298 g/mol. The number of pyridine rings is 1. The Balaban J connectivity index is 3.22. The smallest absolute Gasteiger partial charge is 0.358 e. The molecule has 7 heteroatoms. The van der Waals surface area contributed by atoms with Crippen molar-refractivity contribution in [1.29, 1.82) is 0 Å².